The normalized spacial score (nSPS) is 21.1. The molecule has 28 heavy (non-hydrogen) atoms. The molecule has 4 heteroatoms. The fourth-order valence-electron chi connectivity index (χ4n) is 4.27. The van der Waals surface area contributed by atoms with Gasteiger partial charge in [-0.15, -0.1) is 0 Å². The summed E-state index contributed by atoms with van der Waals surface area (Å²) in [7, 11) is 1.61. The molecule has 0 saturated carbocycles. The first kappa shape index (κ1) is 20.4. The molecule has 1 N–H and O–H groups in total. The molecule has 3 rings (SSSR count). The number of hydrogen-bond acceptors (Lipinski definition) is 3. The van der Waals surface area contributed by atoms with Gasteiger partial charge in [0.05, 0.1) is 12.7 Å². The van der Waals surface area contributed by atoms with Crippen LogP contribution in [0.5, 0.6) is 5.75 Å². The Balaban J connectivity index is 1.73. The van der Waals surface area contributed by atoms with E-state index in [1.165, 1.54) is 11.1 Å². The number of carbonyl (C=O) groups excluding carboxylic acids is 1. The summed E-state index contributed by atoms with van der Waals surface area (Å²) in [5.74, 6) is 0.624. The Hall–Kier alpha value is -2.33. The molecule has 1 fully saturated rings. The Morgan fingerprint density at radius 3 is 2.61 bits per heavy atom. The summed E-state index contributed by atoms with van der Waals surface area (Å²) in [5, 5.41) is 3.10. The molecular formula is C24H31NO3. The van der Waals surface area contributed by atoms with Crippen molar-refractivity contribution < 1.29 is 14.3 Å². The molecule has 1 atom stereocenters. The average Bonchev–Trinajstić information content (AvgIpc) is 2.67. The third kappa shape index (κ3) is 4.74. The first-order chi connectivity index (χ1) is 13.3. The molecule has 150 valence electrons. The van der Waals surface area contributed by atoms with Crippen molar-refractivity contribution in [2.75, 3.05) is 20.3 Å². The topological polar surface area (TPSA) is 47.6 Å². The lowest BCUT2D eigenvalue weighted by molar-refractivity contribution is -0.0838. The number of amides is 1. The van der Waals surface area contributed by atoms with Crippen LogP contribution in [-0.4, -0.2) is 31.8 Å². The van der Waals surface area contributed by atoms with Crippen LogP contribution in [0.3, 0.4) is 0 Å². The lowest BCUT2D eigenvalue weighted by Crippen LogP contribution is -2.45. The van der Waals surface area contributed by atoms with E-state index in [9.17, 15) is 4.79 Å². The molecule has 0 aliphatic carbocycles. The summed E-state index contributed by atoms with van der Waals surface area (Å²) in [6.07, 6.45) is 2.80. The molecule has 1 heterocycles. The first-order valence-corrected chi connectivity index (χ1v) is 9.97. The highest BCUT2D eigenvalue weighted by atomic mass is 16.5. The maximum absolute atomic E-state index is 12.6. The smallest absolute Gasteiger partial charge is 0.251 e. The standard InChI is InChI=1S/C24H31NO3/c1-18-8-10-20(11-9-18)24(13-15-28-23(2,3)17-24)12-14-25-22(26)19-6-5-7-21(16-19)27-4/h5-11,16H,12-15,17H2,1-4H3,(H,25,26)/t24-/m0/s1. The van der Waals surface area contributed by atoms with Crippen LogP contribution in [0, 0.1) is 6.92 Å². The minimum Gasteiger partial charge on any atom is -0.497 e. The van der Waals surface area contributed by atoms with Crippen LogP contribution < -0.4 is 10.1 Å². The number of methoxy groups -OCH3 is 1. The van der Waals surface area contributed by atoms with Crippen LogP contribution in [0.25, 0.3) is 0 Å². The van der Waals surface area contributed by atoms with E-state index < -0.39 is 0 Å². The van der Waals surface area contributed by atoms with Gasteiger partial charge in [-0.25, -0.2) is 0 Å². The summed E-state index contributed by atoms with van der Waals surface area (Å²) in [5.41, 5.74) is 3.06. The zero-order valence-electron chi connectivity index (χ0n) is 17.4. The second kappa shape index (κ2) is 8.36. The molecule has 1 aliphatic rings. The van der Waals surface area contributed by atoms with Gasteiger partial charge in [0.15, 0.2) is 0 Å². The van der Waals surface area contributed by atoms with E-state index in [0.717, 1.165) is 25.9 Å². The number of ether oxygens (including phenoxy) is 2. The van der Waals surface area contributed by atoms with Crippen LogP contribution >= 0.6 is 0 Å². The summed E-state index contributed by atoms with van der Waals surface area (Å²) in [6, 6.07) is 16.1. The van der Waals surface area contributed by atoms with Crippen molar-refractivity contribution in [2.45, 2.75) is 51.0 Å². The number of rotatable bonds is 6. The molecule has 1 aliphatic heterocycles. The highest BCUT2D eigenvalue weighted by molar-refractivity contribution is 5.94. The Labute approximate surface area is 168 Å². The predicted octanol–water partition coefficient (Wildman–Crippen LogP) is 4.65. The van der Waals surface area contributed by atoms with Crippen LogP contribution in [0.15, 0.2) is 48.5 Å². The van der Waals surface area contributed by atoms with Gasteiger partial charge in [0.25, 0.3) is 5.91 Å². The molecule has 2 aromatic rings. The van der Waals surface area contributed by atoms with Crippen molar-refractivity contribution in [1.29, 1.82) is 0 Å². The Morgan fingerprint density at radius 2 is 1.93 bits per heavy atom. The van der Waals surface area contributed by atoms with Crippen molar-refractivity contribution in [3.05, 3.63) is 65.2 Å². The van der Waals surface area contributed by atoms with Crippen LogP contribution in [0.4, 0.5) is 0 Å². The van der Waals surface area contributed by atoms with Gasteiger partial charge in [-0.1, -0.05) is 35.9 Å². The number of hydrogen-bond donors (Lipinski definition) is 1. The molecule has 0 radical (unpaired) electrons. The van der Waals surface area contributed by atoms with Crippen molar-refractivity contribution in [1.82, 2.24) is 5.32 Å². The van der Waals surface area contributed by atoms with Gasteiger partial charge in [-0.2, -0.15) is 0 Å². The lowest BCUT2D eigenvalue weighted by Gasteiger charge is -2.45. The van der Waals surface area contributed by atoms with E-state index in [1.807, 2.05) is 18.2 Å². The van der Waals surface area contributed by atoms with Gasteiger partial charge >= 0.3 is 0 Å². The largest absolute Gasteiger partial charge is 0.497 e. The molecule has 1 saturated heterocycles. The second-order valence-electron chi connectivity index (χ2n) is 8.42. The van der Waals surface area contributed by atoms with Gasteiger partial charge in [0.2, 0.25) is 0 Å². The Morgan fingerprint density at radius 1 is 1.18 bits per heavy atom. The molecule has 1 amide bonds. The van der Waals surface area contributed by atoms with Crippen molar-refractivity contribution in [3.8, 4) is 5.75 Å². The number of aryl methyl sites for hydroxylation is 1. The minimum absolute atomic E-state index is 0.0110. The minimum atomic E-state index is -0.167. The maximum atomic E-state index is 12.6. The van der Waals surface area contributed by atoms with Gasteiger partial charge in [-0.05, 0) is 63.8 Å². The predicted molar refractivity (Wildman–Crippen MR) is 112 cm³/mol. The maximum Gasteiger partial charge on any atom is 0.251 e. The molecule has 2 aromatic carbocycles. The highest BCUT2D eigenvalue weighted by Gasteiger charge is 2.41. The van der Waals surface area contributed by atoms with Gasteiger partial charge in [0, 0.05) is 24.1 Å². The lowest BCUT2D eigenvalue weighted by atomic mass is 9.67. The quantitative estimate of drug-likeness (QED) is 0.792. The molecule has 4 nitrogen and oxygen atoms in total. The second-order valence-corrected chi connectivity index (χ2v) is 8.42. The van der Waals surface area contributed by atoms with E-state index in [4.69, 9.17) is 9.47 Å². The Kier molecular flexibility index (Phi) is 6.09. The third-order valence-corrected chi connectivity index (χ3v) is 5.72. The summed E-state index contributed by atoms with van der Waals surface area (Å²) in [6.45, 7) is 7.79. The number of nitrogens with one attached hydrogen (secondary N) is 1. The summed E-state index contributed by atoms with van der Waals surface area (Å²) < 4.78 is 11.2. The molecular weight excluding hydrogens is 350 g/mol. The third-order valence-electron chi connectivity index (χ3n) is 5.72. The van der Waals surface area contributed by atoms with Gasteiger partial charge in [0.1, 0.15) is 5.75 Å². The molecule has 0 unspecified atom stereocenters. The van der Waals surface area contributed by atoms with Crippen LogP contribution in [0.1, 0.15) is 54.6 Å². The first-order valence-electron chi connectivity index (χ1n) is 9.97. The van der Waals surface area contributed by atoms with Crippen LogP contribution in [0.2, 0.25) is 0 Å². The SMILES string of the molecule is COc1cccc(C(=O)NCC[C@]2(c3ccc(C)cc3)CCOC(C)(C)C2)c1. The van der Waals surface area contributed by atoms with Gasteiger partial charge in [-0.3, -0.25) is 4.79 Å². The van der Waals surface area contributed by atoms with Gasteiger partial charge < -0.3 is 14.8 Å². The fraction of sp³-hybridized carbons (Fsp3) is 0.458. The molecule has 0 spiro atoms. The molecule has 0 bridgehead atoms. The van der Waals surface area contributed by atoms with E-state index in [-0.39, 0.29) is 16.9 Å². The van der Waals surface area contributed by atoms with Crippen LogP contribution in [-0.2, 0) is 10.2 Å². The number of benzene rings is 2. The average molecular weight is 382 g/mol. The highest BCUT2D eigenvalue weighted by Crippen LogP contribution is 2.43. The summed E-state index contributed by atoms with van der Waals surface area (Å²) >= 11 is 0. The van der Waals surface area contributed by atoms with Crippen molar-refractivity contribution >= 4 is 5.91 Å². The van der Waals surface area contributed by atoms with E-state index in [2.05, 4.69) is 50.4 Å². The zero-order valence-corrected chi connectivity index (χ0v) is 17.4. The van der Waals surface area contributed by atoms with Crippen molar-refractivity contribution in [3.63, 3.8) is 0 Å². The summed E-state index contributed by atoms with van der Waals surface area (Å²) in [4.78, 5) is 12.6. The fourth-order valence-corrected chi connectivity index (χ4v) is 4.27. The Bertz CT molecular complexity index is 813. The van der Waals surface area contributed by atoms with E-state index in [1.54, 1.807) is 13.2 Å². The monoisotopic (exact) mass is 381 g/mol. The zero-order chi connectivity index (χ0) is 20.2. The van der Waals surface area contributed by atoms with E-state index in [0.29, 0.717) is 17.9 Å². The van der Waals surface area contributed by atoms with E-state index >= 15 is 0 Å². The molecule has 0 aromatic heterocycles. The van der Waals surface area contributed by atoms with Crippen molar-refractivity contribution in [2.24, 2.45) is 0 Å². The number of carbonyl (C=O) groups is 1.